The summed E-state index contributed by atoms with van der Waals surface area (Å²) in [4.78, 5) is 23.3. The topological polar surface area (TPSA) is 89.9 Å². The quantitative estimate of drug-likeness (QED) is 0.669. The van der Waals surface area contributed by atoms with E-state index in [-0.39, 0.29) is 11.3 Å². The lowest BCUT2D eigenvalue weighted by Gasteiger charge is -2.33. The highest BCUT2D eigenvalue weighted by Crippen LogP contribution is 2.36. The van der Waals surface area contributed by atoms with E-state index in [0.717, 1.165) is 30.8 Å². The van der Waals surface area contributed by atoms with Crippen LogP contribution in [0.5, 0.6) is 0 Å². The Bertz CT molecular complexity index is 319. The van der Waals surface area contributed by atoms with Gasteiger partial charge in [-0.2, -0.15) is 0 Å². The van der Waals surface area contributed by atoms with Gasteiger partial charge in [0.25, 0.3) is 0 Å². The maximum atomic E-state index is 11.2. The molecule has 3 N–H and O–H groups in total. The lowest BCUT2D eigenvalue weighted by Crippen LogP contribution is -2.49. The zero-order chi connectivity index (χ0) is 12.4. The molecule has 2 aliphatic rings. The Balaban J connectivity index is 2.11. The largest absolute Gasteiger partial charge is 0.480 e. The molecule has 96 valence electrons. The normalized spacial score (nSPS) is 33.6. The summed E-state index contributed by atoms with van der Waals surface area (Å²) >= 11 is 1.45. The van der Waals surface area contributed by atoms with Gasteiger partial charge in [-0.3, -0.25) is 4.90 Å². The van der Waals surface area contributed by atoms with Crippen molar-refractivity contribution in [1.29, 1.82) is 0 Å². The predicted octanol–water partition coefficient (Wildman–Crippen LogP) is 0.492. The van der Waals surface area contributed by atoms with E-state index >= 15 is 0 Å². The number of amides is 1. The van der Waals surface area contributed by atoms with Crippen molar-refractivity contribution in [2.24, 2.45) is 5.92 Å². The molecule has 0 bridgehead atoms. The summed E-state index contributed by atoms with van der Waals surface area (Å²) in [5.74, 6) is -0.483. The molecular weight excluding hydrogens is 244 g/mol. The van der Waals surface area contributed by atoms with Gasteiger partial charge in [-0.05, 0) is 19.4 Å². The minimum atomic E-state index is -1.13. The van der Waals surface area contributed by atoms with Crippen molar-refractivity contribution in [3.05, 3.63) is 0 Å². The number of nitrogens with zero attached hydrogens (tertiary/aromatic N) is 1. The van der Waals surface area contributed by atoms with Crippen LogP contribution < -0.4 is 5.32 Å². The van der Waals surface area contributed by atoms with Crippen molar-refractivity contribution < 1.29 is 19.8 Å². The van der Waals surface area contributed by atoms with Crippen LogP contribution in [0, 0.1) is 5.92 Å². The summed E-state index contributed by atoms with van der Waals surface area (Å²) in [5, 5.41) is 21.2. The van der Waals surface area contributed by atoms with Crippen molar-refractivity contribution in [3.63, 3.8) is 0 Å². The second-order valence-electron chi connectivity index (χ2n) is 4.37. The fourth-order valence-corrected chi connectivity index (χ4v) is 4.03. The van der Waals surface area contributed by atoms with E-state index < -0.39 is 18.1 Å². The van der Waals surface area contributed by atoms with Crippen LogP contribution in [0.25, 0.3) is 0 Å². The van der Waals surface area contributed by atoms with E-state index in [1.165, 1.54) is 11.8 Å². The van der Waals surface area contributed by atoms with Gasteiger partial charge in [0.2, 0.25) is 0 Å². The maximum Gasteiger partial charge on any atom is 0.408 e. The minimum absolute atomic E-state index is 0.217. The SMILES string of the molecule is O=C(O)C1CS[C@H](C2CCCNC2)N1C(=O)O. The number of carboxylic acid groups (broad SMARTS) is 2. The fraction of sp³-hybridized carbons (Fsp3) is 0.800. The summed E-state index contributed by atoms with van der Waals surface area (Å²) in [5.41, 5.74) is 0. The molecule has 7 heteroatoms. The third-order valence-electron chi connectivity index (χ3n) is 3.28. The third-order valence-corrected chi connectivity index (χ3v) is 4.74. The van der Waals surface area contributed by atoms with Crippen molar-refractivity contribution in [2.75, 3.05) is 18.8 Å². The van der Waals surface area contributed by atoms with Gasteiger partial charge < -0.3 is 15.5 Å². The van der Waals surface area contributed by atoms with Crippen LogP contribution in [0.2, 0.25) is 0 Å². The molecule has 0 spiro atoms. The first-order chi connectivity index (χ1) is 8.11. The summed E-state index contributed by atoms with van der Waals surface area (Å²) < 4.78 is 0. The van der Waals surface area contributed by atoms with Gasteiger partial charge in [0, 0.05) is 18.2 Å². The molecule has 6 nitrogen and oxygen atoms in total. The molecule has 2 aliphatic heterocycles. The second-order valence-corrected chi connectivity index (χ2v) is 5.52. The van der Waals surface area contributed by atoms with Crippen LogP contribution >= 0.6 is 11.8 Å². The fourth-order valence-electron chi connectivity index (χ4n) is 2.45. The Hall–Kier alpha value is -0.950. The summed E-state index contributed by atoms with van der Waals surface area (Å²) in [6, 6.07) is -0.899. The molecule has 1 amide bonds. The van der Waals surface area contributed by atoms with Crippen LogP contribution in [0.3, 0.4) is 0 Å². The zero-order valence-electron chi connectivity index (χ0n) is 9.33. The van der Waals surface area contributed by atoms with Gasteiger partial charge in [0.15, 0.2) is 0 Å². The summed E-state index contributed by atoms with van der Waals surface area (Å²) in [7, 11) is 0. The van der Waals surface area contributed by atoms with Gasteiger partial charge >= 0.3 is 12.1 Å². The predicted molar refractivity (Wildman–Crippen MR) is 63.1 cm³/mol. The molecule has 2 rings (SSSR count). The number of nitrogens with one attached hydrogen (secondary N) is 1. The number of rotatable bonds is 2. The van der Waals surface area contributed by atoms with Gasteiger partial charge in [0.05, 0.1) is 5.37 Å². The Morgan fingerprint density at radius 2 is 2.12 bits per heavy atom. The van der Waals surface area contributed by atoms with Gasteiger partial charge in [-0.25, -0.2) is 9.59 Å². The first kappa shape index (κ1) is 12.5. The van der Waals surface area contributed by atoms with Crippen LogP contribution in [-0.2, 0) is 4.79 Å². The van der Waals surface area contributed by atoms with E-state index in [0.29, 0.717) is 5.75 Å². The molecule has 0 aromatic heterocycles. The van der Waals surface area contributed by atoms with Crippen molar-refractivity contribution in [1.82, 2.24) is 10.2 Å². The standard InChI is InChI=1S/C10H16N2O4S/c13-9(14)7-5-17-8(12(7)10(15)16)6-2-1-3-11-4-6/h6-8,11H,1-5H2,(H,13,14)(H,15,16)/t6?,7?,8-/m1/s1. The van der Waals surface area contributed by atoms with Crippen LogP contribution in [-0.4, -0.2) is 57.4 Å². The minimum Gasteiger partial charge on any atom is -0.480 e. The number of hydrogen-bond acceptors (Lipinski definition) is 4. The van der Waals surface area contributed by atoms with Crippen LogP contribution in [0.15, 0.2) is 0 Å². The molecular formula is C10H16N2O4S. The van der Waals surface area contributed by atoms with Crippen molar-refractivity contribution in [3.8, 4) is 0 Å². The molecule has 3 atom stereocenters. The zero-order valence-corrected chi connectivity index (χ0v) is 10.2. The maximum absolute atomic E-state index is 11.2. The lowest BCUT2D eigenvalue weighted by molar-refractivity contribution is -0.141. The molecule has 0 aromatic carbocycles. The smallest absolute Gasteiger partial charge is 0.408 e. The summed E-state index contributed by atoms with van der Waals surface area (Å²) in [6.45, 7) is 1.73. The Labute approximate surface area is 103 Å². The van der Waals surface area contributed by atoms with E-state index in [9.17, 15) is 9.59 Å². The number of aliphatic carboxylic acids is 1. The molecule has 2 unspecified atom stereocenters. The van der Waals surface area contributed by atoms with E-state index in [1.807, 2.05) is 0 Å². The Morgan fingerprint density at radius 3 is 2.65 bits per heavy atom. The average molecular weight is 260 g/mol. The van der Waals surface area contributed by atoms with Crippen LogP contribution in [0.1, 0.15) is 12.8 Å². The molecule has 2 fully saturated rings. The number of carboxylic acids is 1. The Kier molecular flexibility index (Phi) is 3.78. The number of hydrogen-bond donors (Lipinski definition) is 3. The third kappa shape index (κ3) is 2.50. The number of carbonyl (C=O) groups is 2. The first-order valence-electron chi connectivity index (χ1n) is 5.67. The van der Waals surface area contributed by atoms with Crippen LogP contribution in [0.4, 0.5) is 4.79 Å². The van der Waals surface area contributed by atoms with Gasteiger partial charge in [-0.15, -0.1) is 11.8 Å². The average Bonchev–Trinajstić information content (AvgIpc) is 2.74. The summed E-state index contributed by atoms with van der Waals surface area (Å²) in [6.07, 6.45) is 0.853. The van der Waals surface area contributed by atoms with Crippen molar-refractivity contribution in [2.45, 2.75) is 24.3 Å². The first-order valence-corrected chi connectivity index (χ1v) is 6.72. The van der Waals surface area contributed by atoms with Crippen molar-refractivity contribution >= 4 is 23.8 Å². The second kappa shape index (κ2) is 5.14. The lowest BCUT2D eigenvalue weighted by atomic mass is 9.98. The molecule has 17 heavy (non-hydrogen) atoms. The highest BCUT2D eigenvalue weighted by atomic mass is 32.2. The number of piperidine rings is 1. The molecule has 0 aromatic rings. The van der Waals surface area contributed by atoms with Gasteiger partial charge in [-0.1, -0.05) is 0 Å². The molecule has 2 saturated heterocycles. The highest BCUT2D eigenvalue weighted by Gasteiger charge is 2.45. The van der Waals surface area contributed by atoms with E-state index in [4.69, 9.17) is 10.2 Å². The Morgan fingerprint density at radius 1 is 1.35 bits per heavy atom. The monoisotopic (exact) mass is 260 g/mol. The molecule has 0 saturated carbocycles. The highest BCUT2D eigenvalue weighted by molar-refractivity contribution is 8.00. The number of thioether (sulfide) groups is 1. The van der Waals surface area contributed by atoms with E-state index in [1.54, 1.807) is 0 Å². The van der Waals surface area contributed by atoms with Gasteiger partial charge in [0.1, 0.15) is 6.04 Å². The molecule has 0 radical (unpaired) electrons. The molecule has 0 aliphatic carbocycles. The van der Waals surface area contributed by atoms with E-state index in [2.05, 4.69) is 5.32 Å². The molecule has 2 heterocycles.